The molecule has 2 aliphatic heterocycles. The van der Waals surface area contributed by atoms with Crippen molar-refractivity contribution < 1.29 is 4.79 Å². The van der Waals surface area contributed by atoms with E-state index in [2.05, 4.69) is 40.2 Å². The lowest BCUT2D eigenvalue weighted by molar-refractivity contribution is -0.123. The predicted octanol–water partition coefficient (Wildman–Crippen LogP) is 2.96. The van der Waals surface area contributed by atoms with Crippen LogP contribution in [0.1, 0.15) is 43.2 Å². The number of anilines is 1. The Morgan fingerprint density at radius 3 is 2.80 bits per heavy atom. The number of nitrogens with one attached hydrogen (secondary N) is 1. The number of aromatic amines is 1. The van der Waals surface area contributed by atoms with E-state index < -0.39 is 0 Å². The van der Waals surface area contributed by atoms with E-state index in [1.807, 2.05) is 23.4 Å². The van der Waals surface area contributed by atoms with Crippen LogP contribution in [0.25, 0.3) is 0 Å². The first kappa shape index (κ1) is 16.3. The Kier molecular flexibility index (Phi) is 4.57. The highest BCUT2D eigenvalue weighted by atomic mass is 16.2. The van der Waals surface area contributed by atoms with E-state index in [0.29, 0.717) is 5.92 Å². The van der Waals surface area contributed by atoms with E-state index in [9.17, 15) is 4.79 Å². The van der Waals surface area contributed by atoms with Gasteiger partial charge in [0.05, 0.1) is 12.2 Å². The fourth-order valence-corrected chi connectivity index (χ4v) is 4.25. The molecule has 25 heavy (non-hydrogen) atoms. The van der Waals surface area contributed by atoms with E-state index in [0.717, 1.165) is 51.0 Å². The zero-order chi connectivity index (χ0) is 17.2. The van der Waals surface area contributed by atoms with Crippen molar-refractivity contribution in [3.8, 4) is 0 Å². The lowest BCUT2D eigenvalue weighted by Gasteiger charge is -2.38. The van der Waals surface area contributed by atoms with Gasteiger partial charge in [0.2, 0.25) is 5.91 Å². The van der Waals surface area contributed by atoms with E-state index in [1.54, 1.807) is 0 Å². The van der Waals surface area contributed by atoms with Crippen molar-refractivity contribution in [3.05, 3.63) is 47.8 Å². The first-order valence-electron chi connectivity index (χ1n) is 9.36. The lowest BCUT2D eigenvalue weighted by atomic mass is 9.91. The molecule has 0 radical (unpaired) electrons. The molecule has 0 spiro atoms. The topological polar surface area (TPSA) is 52.2 Å². The van der Waals surface area contributed by atoms with Gasteiger partial charge in [0, 0.05) is 18.4 Å². The molecule has 0 saturated carbocycles. The minimum atomic E-state index is -0.0588. The number of hydrogen-bond donors (Lipinski definition) is 1. The van der Waals surface area contributed by atoms with Crippen LogP contribution in [0.15, 0.2) is 36.7 Å². The molecule has 0 unspecified atom stereocenters. The van der Waals surface area contributed by atoms with E-state index in [-0.39, 0.29) is 11.9 Å². The van der Waals surface area contributed by atoms with Crippen LogP contribution in [0, 0.1) is 0 Å². The Bertz CT molecular complexity index is 719. The third-order valence-electron chi connectivity index (χ3n) is 5.80. The molecule has 1 saturated heterocycles. The Labute approximate surface area is 149 Å². The van der Waals surface area contributed by atoms with Crippen LogP contribution in [-0.4, -0.2) is 46.7 Å². The number of carbonyl (C=O) groups excluding carboxylic acids is 1. The lowest BCUT2D eigenvalue weighted by Crippen LogP contribution is -2.50. The van der Waals surface area contributed by atoms with Gasteiger partial charge in [-0.3, -0.25) is 14.8 Å². The number of H-pyrrole nitrogens is 1. The number of para-hydroxylation sites is 1. The number of hydrogen-bond acceptors (Lipinski definition) is 3. The quantitative estimate of drug-likeness (QED) is 0.936. The van der Waals surface area contributed by atoms with Gasteiger partial charge in [-0.1, -0.05) is 18.2 Å². The van der Waals surface area contributed by atoms with Crippen molar-refractivity contribution in [3.63, 3.8) is 0 Å². The van der Waals surface area contributed by atoms with Crippen LogP contribution in [0.4, 0.5) is 5.69 Å². The normalized spacial score (nSPS) is 20.3. The number of benzene rings is 1. The van der Waals surface area contributed by atoms with Gasteiger partial charge in [0.15, 0.2) is 0 Å². The number of rotatable bonds is 3. The summed E-state index contributed by atoms with van der Waals surface area (Å²) in [6, 6.07) is 8.28. The van der Waals surface area contributed by atoms with Crippen molar-refractivity contribution in [2.45, 2.75) is 44.6 Å². The maximum Gasteiger partial charge on any atom is 0.244 e. The summed E-state index contributed by atoms with van der Waals surface area (Å²) in [5, 5.41) is 6.97. The van der Waals surface area contributed by atoms with Gasteiger partial charge >= 0.3 is 0 Å². The smallest absolute Gasteiger partial charge is 0.244 e. The van der Waals surface area contributed by atoms with Crippen molar-refractivity contribution in [2.75, 3.05) is 24.5 Å². The maximum absolute atomic E-state index is 13.1. The van der Waals surface area contributed by atoms with Gasteiger partial charge in [-0.2, -0.15) is 5.10 Å². The molecule has 1 amide bonds. The van der Waals surface area contributed by atoms with Crippen LogP contribution in [0.2, 0.25) is 0 Å². The summed E-state index contributed by atoms with van der Waals surface area (Å²) >= 11 is 0. The molecule has 3 heterocycles. The number of likely N-dealkylation sites (tertiary alicyclic amines) is 1. The third-order valence-corrected chi connectivity index (χ3v) is 5.80. The fourth-order valence-electron chi connectivity index (χ4n) is 4.25. The molecule has 1 aromatic heterocycles. The Balaban J connectivity index is 1.42. The summed E-state index contributed by atoms with van der Waals surface area (Å²) < 4.78 is 0. The summed E-state index contributed by atoms with van der Waals surface area (Å²) in [6.07, 6.45) is 8.24. The van der Waals surface area contributed by atoms with Gasteiger partial charge in [0.25, 0.3) is 0 Å². The van der Waals surface area contributed by atoms with Crippen molar-refractivity contribution in [2.24, 2.45) is 0 Å². The SMILES string of the molecule is C[C@@H](C(=O)N1CCCc2ccccc21)N1CCC(c2cn[nH]c2)CC1. The molecule has 1 fully saturated rings. The molecule has 5 heteroatoms. The highest BCUT2D eigenvalue weighted by molar-refractivity contribution is 5.98. The molecule has 5 nitrogen and oxygen atoms in total. The average Bonchev–Trinajstić information content (AvgIpc) is 3.21. The van der Waals surface area contributed by atoms with Crippen LogP contribution in [0.5, 0.6) is 0 Å². The highest BCUT2D eigenvalue weighted by Crippen LogP contribution is 2.30. The Hall–Kier alpha value is -2.14. The molecule has 1 aromatic carbocycles. The highest BCUT2D eigenvalue weighted by Gasteiger charge is 2.32. The van der Waals surface area contributed by atoms with Gasteiger partial charge in [0.1, 0.15) is 0 Å². The minimum absolute atomic E-state index is 0.0588. The molecule has 4 rings (SSSR count). The number of aromatic nitrogens is 2. The summed E-state index contributed by atoms with van der Waals surface area (Å²) in [6.45, 7) is 4.85. The number of carbonyl (C=O) groups is 1. The Morgan fingerprint density at radius 2 is 2.04 bits per heavy atom. The van der Waals surface area contributed by atoms with Crippen molar-refractivity contribution in [1.29, 1.82) is 0 Å². The Morgan fingerprint density at radius 1 is 1.24 bits per heavy atom. The number of aryl methyl sites for hydroxylation is 1. The van der Waals surface area contributed by atoms with E-state index >= 15 is 0 Å². The van der Waals surface area contributed by atoms with Gasteiger partial charge in [-0.15, -0.1) is 0 Å². The van der Waals surface area contributed by atoms with Crippen LogP contribution in [-0.2, 0) is 11.2 Å². The molecular weight excluding hydrogens is 312 g/mol. The van der Waals surface area contributed by atoms with E-state index in [1.165, 1.54) is 11.1 Å². The van der Waals surface area contributed by atoms with Crippen LogP contribution < -0.4 is 4.90 Å². The maximum atomic E-state index is 13.1. The van der Waals surface area contributed by atoms with Gasteiger partial charge in [-0.25, -0.2) is 0 Å². The largest absolute Gasteiger partial charge is 0.311 e. The molecule has 132 valence electrons. The molecule has 0 aliphatic carbocycles. The summed E-state index contributed by atoms with van der Waals surface area (Å²) in [5.74, 6) is 0.807. The number of amides is 1. The number of nitrogens with zero attached hydrogens (tertiary/aromatic N) is 3. The molecule has 1 N–H and O–H groups in total. The second kappa shape index (κ2) is 7.00. The number of fused-ring (bicyclic) bond motifs is 1. The fraction of sp³-hybridized carbons (Fsp3) is 0.500. The zero-order valence-electron chi connectivity index (χ0n) is 14.8. The zero-order valence-corrected chi connectivity index (χ0v) is 14.8. The predicted molar refractivity (Wildman–Crippen MR) is 98.7 cm³/mol. The summed E-state index contributed by atoms with van der Waals surface area (Å²) in [5.41, 5.74) is 3.70. The van der Waals surface area contributed by atoms with Gasteiger partial charge in [-0.05, 0) is 68.8 Å². The molecular formula is C20H26N4O. The third kappa shape index (κ3) is 3.21. The van der Waals surface area contributed by atoms with Crippen molar-refractivity contribution >= 4 is 11.6 Å². The first-order valence-corrected chi connectivity index (χ1v) is 9.36. The standard InChI is InChI=1S/C20H26N4O/c1-15(23-11-8-16(9-12-23)18-13-21-22-14-18)20(25)24-10-4-6-17-5-2-3-7-19(17)24/h2-3,5,7,13-16H,4,6,8-12H2,1H3,(H,21,22)/t15-/m0/s1. The van der Waals surface area contributed by atoms with Gasteiger partial charge < -0.3 is 4.90 Å². The average molecular weight is 338 g/mol. The molecule has 2 aromatic rings. The molecule has 1 atom stereocenters. The first-order chi connectivity index (χ1) is 12.2. The van der Waals surface area contributed by atoms with E-state index in [4.69, 9.17) is 0 Å². The minimum Gasteiger partial charge on any atom is -0.311 e. The molecule has 0 bridgehead atoms. The van der Waals surface area contributed by atoms with Crippen LogP contribution >= 0.6 is 0 Å². The summed E-state index contributed by atoms with van der Waals surface area (Å²) in [4.78, 5) is 17.5. The monoisotopic (exact) mass is 338 g/mol. The van der Waals surface area contributed by atoms with Crippen molar-refractivity contribution in [1.82, 2.24) is 15.1 Å². The number of piperidine rings is 1. The second-order valence-corrected chi connectivity index (χ2v) is 7.24. The second-order valence-electron chi connectivity index (χ2n) is 7.24. The molecule has 2 aliphatic rings. The van der Waals surface area contributed by atoms with Crippen LogP contribution in [0.3, 0.4) is 0 Å². The summed E-state index contributed by atoms with van der Waals surface area (Å²) in [7, 11) is 0.